The fraction of sp³-hybridized carbons (Fsp3) is 0.412. The molecule has 1 fully saturated rings. The highest BCUT2D eigenvalue weighted by Crippen LogP contribution is 2.40. The van der Waals surface area contributed by atoms with Gasteiger partial charge >= 0.3 is 0 Å². The van der Waals surface area contributed by atoms with Crippen LogP contribution in [0.25, 0.3) is 0 Å². The molecule has 1 saturated carbocycles. The van der Waals surface area contributed by atoms with Gasteiger partial charge in [0.1, 0.15) is 5.82 Å². The Bertz CT molecular complexity index is 701. The first-order valence-electron chi connectivity index (χ1n) is 7.70. The molecule has 23 heavy (non-hydrogen) atoms. The number of hydrogen-bond donors (Lipinski definition) is 2. The Morgan fingerprint density at radius 1 is 1.09 bits per heavy atom. The van der Waals surface area contributed by atoms with E-state index in [9.17, 15) is 0 Å². The minimum Gasteiger partial charge on any atom is -0.350 e. The molecule has 4 nitrogen and oxygen atoms in total. The second-order valence-electron chi connectivity index (χ2n) is 6.87. The topological polar surface area (TPSA) is 49.8 Å². The number of nitrogens with one attached hydrogen (secondary N) is 2. The summed E-state index contributed by atoms with van der Waals surface area (Å²) < 4.78 is 0. The van der Waals surface area contributed by atoms with Crippen molar-refractivity contribution >= 4 is 40.7 Å². The molecule has 0 atom stereocenters. The number of rotatable bonds is 4. The molecule has 6 heteroatoms. The molecule has 0 aliphatic heterocycles. The van der Waals surface area contributed by atoms with Gasteiger partial charge in [-0.1, -0.05) is 29.3 Å². The molecule has 2 aromatic rings. The summed E-state index contributed by atoms with van der Waals surface area (Å²) in [7, 11) is 0. The molecule has 0 unspecified atom stereocenters. The molecular formula is C17H20Cl2N4. The van der Waals surface area contributed by atoms with E-state index in [-0.39, 0.29) is 5.54 Å². The lowest BCUT2D eigenvalue weighted by Crippen LogP contribution is -2.27. The first-order valence-corrected chi connectivity index (χ1v) is 8.45. The quantitative estimate of drug-likeness (QED) is 0.751. The molecule has 0 amide bonds. The minimum atomic E-state index is -0.110. The van der Waals surface area contributed by atoms with Crippen LogP contribution in [0.3, 0.4) is 0 Å². The highest BCUT2D eigenvalue weighted by Gasteiger charge is 2.27. The van der Waals surface area contributed by atoms with E-state index in [1.807, 2.05) is 12.1 Å². The number of aromatic nitrogens is 2. The van der Waals surface area contributed by atoms with Crippen LogP contribution in [-0.4, -0.2) is 15.5 Å². The standard InChI is InChI=1S/C17H20Cl2N4/c1-17(2,3)23-16-20-13(10-7-8-10)9-14(22-16)21-15-11(18)5-4-6-12(15)19/h4-6,9-10H,7-8H2,1-3H3,(H2,20,21,22,23). The second kappa shape index (κ2) is 6.17. The van der Waals surface area contributed by atoms with Gasteiger partial charge in [-0.3, -0.25) is 0 Å². The van der Waals surface area contributed by atoms with Crippen LogP contribution in [0.1, 0.15) is 45.2 Å². The van der Waals surface area contributed by atoms with Crippen LogP contribution >= 0.6 is 23.2 Å². The monoisotopic (exact) mass is 350 g/mol. The Morgan fingerprint density at radius 3 is 2.30 bits per heavy atom. The molecule has 1 aliphatic rings. The van der Waals surface area contributed by atoms with Gasteiger partial charge < -0.3 is 10.6 Å². The van der Waals surface area contributed by atoms with Crippen LogP contribution in [0.4, 0.5) is 17.5 Å². The average Bonchev–Trinajstić information content (AvgIpc) is 3.25. The van der Waals surface area contributed by atoms with E-state index < -0.39 is 0 Å². The average molecular weight is 351 g/mol. The fourth-order valence-electron chi connectivity index (χ4n) is 2.25. The predicted octanol–water partition coefficient (Wildman–Crippen LogP) is 5.61. The summed E-state index contributed by atoms with van der Waals surface area (Å²) in [5.74, 6) is 1.84. The molecule has 1 aliphatic carbocycles. The summed E-state index contributed by atoms with van der Waals surface area (Å²) in [5.41, 5.74) is 1.61. The normalized spacial score (nSPS) is 14.7. The van der Waals surface area contributed by atoms with E-state index in [0.717, 1.165) is 5.69 Å². The van der Waals surface area contributed by atoms with Gasteiger partial charge in [0.2, 0.25) is 5.95 Å². The van der Waals surface area contributed by atoms with E-state index >= 15 is 0 Å². The Hall–Kier alpha value is -1.52. The van der Waals surface area contributed by atoms with Crippen LogP contribution in [0.2, 0.25) is 10.0 Å². The first kappa shape index (κ1) is 16.3. The second-order valence-corrected chi connectivity index (χ2v) is 7.69. The Morgan fingerprint density at radius 2 is 1.74 bits per heavy atom. The zero-order valence-corrected chi connectivity index (χ0v) is 15.0. The maximum atomic E-state index is 6.23. The SMILES string of the molecule is CC(C)(C)Nc1nc(Nc2c(Cl)cccc2Cl)cc(C2CC2)n1. The first-order chi connectivity index (χ1) is 10.8. The number of para-hydroxylation sites is 1. The lowest BCUT2D eigenvalue weighted by atomic mass is 10.1. The van der Waals surface area contributed by atoms with Gasteiger partial charge in [-0.2, -0.15) is 4.98 Å². The number of anilines is 3. The van der Waals surface area contributed by atoms with Gasteiger partial charge in [0.15, 0.2) is 0 Å². The van der Waals surface area contributed by atoms with E-state index in [4.69, 9.17) is 23.2 Å². The third kappa shape index (κ3) is 4.27. The van der Waals surface area contributed by atoms with Gasteiger partial charge in [-0.05, 0) is 45.7 Å². The highest BCUT2D eigenvalue weighted by molar-refractivity contribution is 6.39. The summed E-state index contributed by atoms with van der Waals surface area (Å²) in [6.07, 6.45) is 2.36. The summed E-state index contributed by atoms with van der Waals surface area (Å²) in [5, 5.41) is 7.69. The van der Waals surface area contributed by atoms with Crippen molar-refractivity contribution < 1.29 is 0 Å². The fourth-order valence-corrected chi connectivity index (χ4v) is 2.75. The molecule has 0 saturated heterocycles. The lowest BCUT2D eigenvalue weighted by Gasteiger charge is -2.21. The predicted molar refractivity (Wildman–Crippen MR) is 97.1 cm³/mol. The van der Waals surface area contributed by atoms with Crippen LogP contribution in [0, 0.1) is 0 Å². The highest BCUT2D eigenvalue weighted by atomic mass is 35.5. The zero-order valence-electron chi connectivity index (χ0n) is 13.5. The Balaban J connectivity index is 1.94. The van der Waals surface area contributed by atoms with Crippen molar-refractivity contribution in [3.05, 3.63) is 40.0 Å². The van der Waals surface area contributed by atoms with Crippen molar-refractivity contribution in [2.45, 2.75) is 45.1 Å². The van der Waals surface area contributed by atoms with Crippen molar-refractivity contribution in [2.24, 2.45) is 0 Å². The number of benzene rings is 1. The molecule has 1 aromatic heterocycles. The molecule has 122 valence electrons. The van der Waals surface area contributed by atoms with Gasteiger partial charge in [-0.25, -0.2) is 4.98 Å². The van der Waals surface area contributed by atoms with Crippen molar-refractivity contribution in [3.8, 4) is 0 Å². The molecule has 0 radical (unpaired) electrons. The van der Waals surface area contributed by atoms with Gasteiger partial charge in [0.05, 0.1) is 21.4 Å². The lowest BCUT2D eigenvalue weighted by molar-refractivity contribution is 0.625. The summed E-state index contributed by atoms with van der Waals surface area (Å²) in [6.45, 7) is 6.24. The number of halogens is 2. The number of nitrogens with zero attached hydrogens (tertiary/aromatic N) is 2. The van der Waals surface area contributed by atoms with E-state index in [0.29, 0.717) is 33.4 Å². The smallest absolute Gasteiger partial charge is 0.225 e. The molecule has 1 heterocycles. The summed E-state index contributed by atoms with van der Waals surface area (Å²) in [4.78, 5) is 9.19. The zero-order chi connectivity index (χ0) is 16.6. The molecule has 1 aromatic carbocycles. The Kier molecular flexibility index (Phi) is 4.39. The Labute approximate surface area is 146 Å². The largest absolute Gasteiger partial charge is 0.350 e. The molecule has 3 rings (SSSR count). The number of hydrogen-bond acceptors (Lipinski definition) is 4. The van der Waals surface area contributed by atoms with Gasteiger partial charge in [0.25, 0.3) is 0 Å². The third-order valence-electron chi connectivity index (χ3n) is 3.44. The van der Waals surface area contributed by atoms with E-state index in [2.05, 4.69) is 41.4 Å². The van der Waals surface area contributed by atoms with Crippen molar-refractivity contribution in [3.63, 3.8) is 0 Å². The molecular weight excluding hydrogens is 331 g/mol. The van der Waals surface area contributed by atoms with Crippen molar-refractivity contribution in [2.75, 3.05) is 10.6 Å². The molecule has 2 N–H and O–H groups in total. The van der Waals surface area contributed by atoms with Crippen LogP contribution in [0.15, 0.2) is 24.3 Å². The van der Waals surface area contributed by atoms with Gasteiger partial charge in [-0.15, -0.1) is 0 Å². The molecule has 0 bridgehead atoms. The van der Waals surface area contributed by atoms with E-state index in [1.54, 1.807) is 12.1 Å². The van der Waals surface area contributed by atoms with Crippen molar-refractivity contribution in [1.82, 2.24) is 9.97 Å². The summed E-state index contributed by atoms with van der Waals surface area (Å²) >= 11 is 12.5. The maximum Gasteiger partial charge on any atom is 0.225 e. The van der Waals surface area contributed by atoms with E-state index in [1.165, 1.54) is 12.8 Å². The van der Waals surface area contributed by atoms with Crippen LogP contribution in [-0.2, 0) is 0 Å². The van der Waals surface area contributed by atoms with Crippen molar-refractivity contribution in [1.29, 1.82) is 0 Å². The third-order valence-corrected chi connectivity index (χ3v) is 4.07. The summed E-state index contributed by atoms with van der Waals surface area (Å²) in [6, 6.07) is 7.39. The maximum absolute atomic E-state index is 6.23. The van der Waals surface area contributed by atoms with Crippen LogP contribution < -0.4 is 10.6 Å². The van der Waals surface area contributed by atoms with Crippen LogP contribution in [0.5, 0.6) is 0 Å². The molecule has 0 spiro atoms. The minimum absolute atomic E-state index is 0.110. The van der Waals surface area contributed by atoms with Gasteiger partial charge in [0, 0.05) is 17.5 Å².